The second-order valence-electron chi connectivity index (χ2n) is 5.73. The number of anilines is 1. The lowest BCUT2D eigenvalue weighted by molar-refractivity contribution is 0.573. The minimum Gasteiger partial charge on any atom is -0.357 e. The number of aliphatic imine (C=N–C) groups is 1. The van der Waals surface area contributed by atoms with E-state index in [-0.39, 0.29) is 0 Å². The maximum Gasteiger partial charge on any atom is 0.191 e. The highest BCUT2D eigenvalue weighted by Gasteiger charge is 2.04. The first-order valence-corrected chi connectivity index (χ1v) is 8.25. The first-order chi connectivity index (χ1) is 10.6. The molecule has 22 heavy (non-hydrogen) atoms. The number of pyridine rings is 1. The van der Waals surface area contributed by atoms with Gasteiger partial charge in [-0.15, -0.1) is 0 Å². The Morgan fingerprint density at radius 1 is 1.23 bits per heavy atom. The zero-order chi connectivity index (χ0) is 16.4. The lowest BCUT2D eigenvalue weighted by atomic mass is 10.1. The van der Waals surface area contributed by atoms with Crippen molar-refractivity contribution in [2.75, 3.05) is 31.6 Å². The van der Waals surface area contributed by atoms with E-state index in [4.69, 9.17) is 0 Å². The van der Waals surface area contributed by atoms with Crippen molar-refractivity contribution in [1.82, 2.24) is 15.6 Å². The van der Waals surface area contributed by atoms with Gasteiger partial charge in [0, 0.05) is 39.4 Å². The summed E-state index contributed by atoms with van der Waals surface area (Å²) in [4.78, 5) is 11.0. The van der Waals surface area contributed by atoms with Gasteiger partial charge in [-0.1, -0.05) is 19.9 Å². The van der Waals surface area contributed by atoms with Crippen molar-refractivity contribution in [2.45, 2.75) is 40.7 Å². The Kier molecular flexibility index (Phi) is 8.33. The average Bonchev–Trinajstić information content (AvgIpc) is 2.52. The van der Waals surface area contributed by atoms with Crippen LogP contribution in [0.4, 0.5) is 5.82 Å². The zero-order valence-corrected chi connectivity index (χ0v) is 14.7. The second-order valence-corrected chi connectivity index (χ2v) is 5.73. The first-order valence-electron chi connectivity index (χ1n) is 8.25. The van der Waals surface area contributed by atoms with E-state index >= 15 is 0 Å². The zero-order valence-electron chi connectivity index (χ0n) is 14.7. The third-order valence-electron chi connectivity index (χ3n) is 3.59. The van der Waals surface area contributed by atoms with Gasteiger partial charge in [-0.25, -0.2) is 4.98 Å². The van der Waals surface area contributed by atoms with Crippen LogP contribution in [0.25, 0.3) is 0 Å². The molecule has 0 saturated carbocycles. The van der Waals surface area contributed by atoms with Crippen LogP contribution in [-0.4, -0.2) is 37.6 Å². The summed E-state index contributed by atoms with van der Waals surface area (Å²) in [6.45, 7) is 12.4. The van der Waals surface area contributed by atoms with Crippen molar-refractivity contribution in [2.24, 2.45) is 10.9 Å². The Morgan fingerprint density at radius 2 is 1.95 bits per heavy atom. The van der Waals surface area contributed by atoms with E-state index in [0.717, 1.165) is 49.9 Å². The van der Waals surface area contributed by atoms with Crippen LogP contribution in [0, 0.1) is 5.92 Å². The van der Waals surface area contributed by atoms with Crippen LogP contribution in [0.1, 0.15) is 39.7 Å². The third kappa shape index (κ3) is 6.33. The van der Waals surface area contributed by atoms with E-state index < -0.39 is 0 Å². The highest BCUT2D eigenvalue weighted by Crippen LogP contribution is 2.10. The van der Waals surface area contributed by atoms with Crippen molar-refractivity contribution >= 4 is 11.8 Å². The molecule has 2 N–H and O–H groups in total. The van der Waals surface area contributed by atoms with Crippen LogP contribution < -0.4 is 15.5 Å². The topological polar surface area (TPSA) is 52.5 Å². The fraction of sp³-hybridized carbons (Fsp3) is 0.647. The molecule has 0 fully saturated rings. The number of hydrogen-bond acceptors (Lipinski definition) is 3. The Labute approximate surface area is 135 Å². The first kappa shape index (κ1) is 18.3. The summed E-state index contributed by atoms with van der Waals surface area (Å²) in [6, 6.07) is 4.20. The van der Waals surface area contributed by atoms with Gasteiger partial charge in [0.2, 0.25) is 0 Å². The van der Waals surface area contributed by atoms with Gasteiger partial charge in [0.15, 0.2) is 5.96 Å². The predicted molar refractivity (Wildman–Crippen MR) is 95.5 cm³/mol. The summed E-state index contributed by atoms with van der Waals surface area (Å²) in [5, 5.41) is 6.65. The molecule has 0 saturated heterocycles. The summed E-state index contributed by atoms with van der Waals surface area (Å²) in [5.74, 6) is 2.57. The summed E-state index contributed by atoms with van der Waals surface area (Å²) >= 11 is 0. The van der Waals surface area contributed by atoms with E-state index in [1.807, 2.05) is 6.20 Å². The van der Waals surface area contributed by atoms with E-state index in [9.17, 15) is 0 Å². The number of rotatable bonds is 8. The Hall–Kier alpha value is -1.78. The summed E-state index contributed by atoms with van der Waals surface area (Å²) in [5.41, 5.74) is 1.16. The molecule has 0 aliphatic rings. The van der Waals surface area contributed by atoms with E-state index in [1.165, 1.54) is 0 Å². The minimum absolute atomic E-state index is 0.697. The molecule has 0 aromatic carbocycles. The molecule has 0 aliphatic carbocycles. The fourth-order valence-corrected chi connectivity index (χ4v) is 2.14. The predicted octanol–water partition coefficient (Wildman–Crippen LogP) is 2.64. The SMILES string of the molecule is CCN(CC)c1ccc(CNC(=NC)NCCC(C)C)cn1. The standard InChI is InChI=1S/C17H31N5/c1-6-22(7-2)16-9-8-15(12-20-16)13-21-17(18-5)19-11-10-14(3)4/h8-9,12,14H,6-7,10-11,13H2,1-5H3,(H2,18,19,21). The molecule has 5 heteroatoms. The van der Waals surface area contributed by atoms with E-state index in [2.05, 4.69) is 65.3 Å². The van der Waals surface area contributed by atoms with Crippen molar-refractivity contribution in [1.29, 1.82) is 0 Å². The van der Waals surface area contributed by atoms with Crippen LogP contribution in [0.3, 0.4) is 0 Å². The Bertz CT molecular complexity index is 435. The van der Waals surface area contributed by atoms with Crippen molar-refractivity contribution in [3.05, 3.63) is 23.9 Å². The highest BCUT2D eigenvalue weighted by molar-refractivity contribution is 5.79. The number of nitrogens with one attached hydrogen (secondary N) is 2. The van der Waals surface area contributed by atoms with Crippen molar-refractivity contribution in [3.8, 4) is 0 Å². The molecule has 1 aromatic heterocycles. The normalized spacial score (nSPS) is 11.6. The molecule has 0 amide bonds. The molecule has 0 radical (unpaired) electrons. The highest BCUT2D eigenvalue weighted by atomic mass is 15.2. The molecule has 0 aliphatic heterocycles. The Balaban J connectivity index is 2.46. The van der Waals surface area contributed by atoms with Gasteiger partial charge in [0.05, 0.1) is 0 Å². The van der Waals surface area contributed by atoms with Gasteiger partial charge >= 0.3 is 0 Å². The van der Waals surface area contributed by atoms with Crippen LogP contribution in [-0.2, 0) is 6.54 Å². The summed E-state index contributed by atoms with van der Waals surface area (Å²) in [7, 11) is 1.80. The van der Waals surface area contributed by atoms with Gasteiger partial charge in [0.25, 0.3) is 0 Å². The van der Waals surface area contributed by atoms with Gasteiger partial charge in [-0.2, -0.15) is 0 Å². The molecule has 0 bridgehead atoms. The average molecular weight is 305 g/mol. The van der Waals surface area contributed by atoms with Crippen LogP contribution in [0.2, 0.25) is 0 Å². The molecule has 1 aromatic rings. The van der Waals surface area contributed by atoms with Crippen molar-refractivity contribution < 1.29 is 0 Å². The van der Waals surface area contributed by atoms with Gasteiger partial charge in [0.1, 0.15) is 5.82 Å². The third-order valence-corrected chi connectivity index (χ3v) is 3.59. The lowest BCUT2D eigenvalue weighted by Gasteiger charge is -2.19. The van der Waals surface area contributed by atoms with Crippen molar-refractivity contribution in [3.63, 3.8) is 0 Å². The van der Waals surface area contributed by atoms with E-state index in [0.29, 0.717) is 5.92 Å². The quantitative estimate of drug-likeness (QED) is 0.573. The molecule has 0 unspecified atom stereocenters. The molecule has 124 valence electrons. The van der Waals surface area contributed by atoms with Crippen LogP contribution in [0.15, 0.2) is 23.3 Å². The fourth-order valence-electron chi connectivity index (χ4n) is 2.14. The smallest absolute Gasteiger partial charge is 0.191 e. The number of guanidine groups is 1. The van der Waals surface area contributed by atoms with Gasteiger partial charge < -0.3 is 15.5 Å². The number of hydrogen-bond donors (Lipinski definition) is 2. The maximum absolute atomic E-state index is 4.54. The molecule has 0 atom stereocenters. The molecular weight excluding hydrogens is 274 g/mol. The number of aromatic nitrogens is 1. The molecule has 0 spiro atoms. The minimum atomic E-state index is 0.697. The molecule has 1 rings (SSSR count). The number of nitrogens with zero attached hydrogens (tertiary/aromatic N) is 3. The molecular formula is C17H31N5. The monoisotopic (exact) mass is 305 g/mol. The largest absolute Gasteiger partial charge is 0.357 e. The second kappa shape index (κ2) is 10.0. The van der Waals surface area contributed by atoms with Gasteiger partial charge in [-0.3, -0.25) is 4.99 Å². The molecule has 1 heterocycles. The van der Waals surface area contributed by atoms with Crippen LogP contribution >= 0.6 is 0 Å². The maximum atomic E-state index is 4.54. The van der Waals surface area contributed by atoms with Gasteiger partial charge in [-0.05, 0) is 37.8 Å². The van der Waals surface area contributed by atoms with E-state index in [1.54, 1.807) is 7.05 Å². The van der Waals surface area contributed by atoms with Crippen LogP contribution in [0.5, 0.6) is 0 Å². The lowest BCUT2D eigenvalue weighted by Crippen LogP contribution is -2.37. The summed E-state index contributed by atoms with van der Waals surface area (Å²) in [6.07, 6.45) is 3.07. The summed E-state index contributed by atoms with van der Waals surface area (Å²) < 4.78 is 0. The Morgan fingerprint density at radius 3 is 2.45 bits per heavy atom. The molecule has 5 nitrogen and oxygen atoms in total.